The van der Waals surface area contributed by atoms with Crippen LogP contribution in [0.15, 0.2) is 30.3 Å². The summed E-state index contributed by atoms with van der Waals surface area (Å²) in [6.45, 7) is 6.34. The molecule has 5 nitrogen and oxygen atoms in total. The van der Waals surface area contributed by atoms with Gasteiger partial charge in [-0.1, -0.05) is 44.2 Å². The number of hydrogen-bond acceptors (Lipinski definition) is 3. The average molecular weight is 305 g/mol. The third-order valence-electron chi connectivity index (χ3n) is 3.94. The molecule has 1 aromatic rings. The summed E-state index contributed by atoms with van der Waals surface area (Å²) in [4.78, 5) is 25.7. The third kappa shape index (κ3) is 3.65. The van der Waals surface area contributed by atoms with Gasteiger partial charge >= 0.3 is 5.97 Å². The van der Waals surface area contributed by atoms with Crippen molar-refractivity contribution in [3.05, 3.63) is 35.9 Å². The molecule has 1 aliphatic rings. The highest BCUT2D eigenvalue weighted by Gasteiger charge is 2.36. The molecule has 1 aromatic carbocycles. The molecule has 22 heavy (non-hydrogen) atoms. The van der Waals surface area contributed by atoms with Crippen LogP contribution < -0.4 is 0 Å². The fourth-order valence-electron chi connectivity index (χ4n) is 2.94. The topological polar surface area (TPSA) is 66.8 Å². The summed E-state index contributed by atoms with van der Waals surface area (Å²) in [7, 11) is 0. The molecule has 2 unspecified atom stereocenters. The highest BCUT2D eigenvalue weighted by atomic mass is 16.5. The standard InChI is InChI=1S/C17H23NO4/c1-11(2)15(13-7-5-4-6-8-13)16(19)18-9-12(3)22-14(10-18)17(20)21/h4-8,11-12,14-15H,9-10H2,1-3H3,(H,20,21)/t12-,14?,15?/m1/s1. The number of hydrogen-bond donors (Lipinski definition) is 1. The van der Waals surface area contributed by atoms with Crippen molar-refractivity contribution in [2.24, 2.45) is 5.92 Å². The van der Waals surface area contributed by atoms with Crippen LogP contribution in [0.25, 0.3) is 0 Å². The van der Waals surface area contributed by atoms with Gasteiger partial charge in [-0.05, 0) is 18.4 Å². The smallest absolute Gasteiger partial charge is 0.334 e. The van der Waals surface area contributed by atoms with Gasteiger partial charge in [0.25, 0.3) is 0 Å². The summed E-state index contributed by atoms with van der Waals surface area (Å²) >= 11 is 0. The molecule has 2 rings (SSSR count). The molecule has 0 saturated carbocycles. The van der Waals surface area contributed by atoms with Crippen molar-refractivity contribution in [1.82, 2.24) is 4.90 Å². The largest absolute Gasteiger partial charge is 0.479 e. The van der Waals surface area contributed by atoms with Crippen molar-refractivity contribution < 1.29 is 19.4 Å². The van der Waals surface area contributed by atoms with Crippen molar-refractivity contribution in [2.45, 2.75) is 38.9 Å². The minimum atomic E-state index is -1.02. The Hall–Kier alpha value is -1.88. The number of aliphatic carboxylic acids is 1. The molecule has 1 aliphatic heterocycles. The highest BCUT2D eigenvalue weighted by Crippen LogP contribution is 2.28. The monoisotopic (exact) mass is 305 g/mol. The quantitative estimate of drug-likeness (QED) is 0.925. The van der Waals surface area contributed by atoms with E-state index in [0.717, 1.165) is 5.56 Å². The van der Waals surface area contributed by atoms with Gasteiger partial charge in [0, 0.05) is 6.54 Å². The minimum Gasteiger partial charge on any atom is -0.479 e. The van der Waals surface area contributed by atoms with Crippen molar-refractivity contribution in [1.29, 1.82) is 0 Å². The van der Waals surface area contributed by atoms with E-state index in [9.17, 15) is 9.59 Å². The number of carboxylic acid groups (broad SMARTS) is 1. The van der Waals surface area contributed by atoms with Crippen LogP contribution in [0, 0.1) is 5.92 Å². The number of ether oxygens (including phenoxy) is 1. The Balaban J connectivity index is 2.22. The number of carbonyl (C=O) groups is 2. The minimum absolute atomic E-state index is 0.0254. The zero-order chi connectivity index (χ0) is 16.3. The fraction of sp³-hybridized carbons (Fsp3) is 0.529. The van der Waals surface area contributed by atoms with E-state index in [0.29, 0.717) is 6.54 Å². The zero-order valence-electron chi connectivity index (χ0n) is 13.2. The Bertz CT molecular complexity index is 529. The number of amides is 1. The number of morpholine rings is 1. The van der Waals surface area contributed by atoms with Crippen molar-refractivity contribution in [3.63, 3.8) is 0 Å². The molecule has 0 aromatic heterocycles. The van der Waals surface area contributed by atoms with Crippen LogP contribution in [0.5, 0.6) is 0 Å². The van der Waals surface area contributed by atoms with Gasteiger partial charge in [0.1, 0.15) is 0 Å². The van der Waals surface area contributed by atoms with Crippen molar-refractivity contribution >= 4 is 11.9 Å². The summed E-state index contributed by atoms with van der Waals surface area (Å²) in [5, 5.41) is 9.16. The molecule has 1 heterocycles. The van der Waals surface area contributed by atoms with Crippen LogP contribution in [-0.2, 0) is 14.3 Å². The molecule has 5 heteroatoms. The molecule has 0 radical (unpaired) electrons. The predicted molar refractivity (Wildman–Crippen MR) is 82.6 cm³/mol. The van der Waals surface area contributed by atoms with Crippen LogP contribution >= 0.6 is 0 Å². The molecule has 1 amide bonds. The molecular formula is C17H23NO4. The number of benzene rings is 1. The maximum absolute atomic E-state index is 12.9. The van der Waals surface area contributed by atoms with Crippen molar-refractivity contribution in [3.8, 4) is 0 Å². The lowest BCUT2D eigenvalue weighted by molar-refractivity contribution is -0.167. The van der Waals surface area contributed by atoms with E-state index in [2.05, 4.69) is 0 Å². The second kappa shape index (κ2) is 6.92. The van der Waals surface area contributed by atoms with E-state index in [1.165, 1.54) is 0 Å². The molecule has 1 N–H and O–H groups in total. The Morgan fingerprint density at radius 3 is 2.41 bits per heavy atom. The summed E-state index contributed by atoms with van der Waals surface area (Å²) in [5.74, 6) is -1.18. The van der Waals surface area contributed by atoms with E-state index in [1.807, 2.05) is 44.2 Å². The van der Waals surface area contributed by atoms with Crippen LogP contribution in [-0.4, -0.2) is 47.2 Å². The molecule has 1 fully saturated rings. The van der Waals surface area contributed by atoms with Crippen LogP contribution in [0.3, 0.4) is 0 Å². The second-order valence-electron chi connectivity index (χ2n) is 6.15. The van der Waals surface area contributed by atoms with Gasteiger partial charge in [-0.2, -0.15) is 0 Å². The van der Waals surface area contributed by atoms with E-state index in [1.54, 1.807) is 11.8 Å². The average Bonchev–Trinajstić information content (AvgIpc) is 2.47. The molecular weight excluding hydrogens is 282 g/mol. The number of rotatable bonds is 4. The van der Waals surface area contributed by atoms with E-state index < -0.39 is 12.1 Å². The normalized spacial score (nSPS) is 23.4. The lowest BCUT2D eigenvalue weighted by atomic mass is 9.87. The summed E-state index contributed by atoms with van der Waals surface area (Å²) in [6.07, 6.45) is -1.22. The Kier molecular flexibility index (Phi) is 5.19. The second-order valence-corrected chi connectivity index (χ2v) is 6.15. The van der Waals surface area contributed by atoms with E-state index >= 15 is 0 Å². The van der Waals surface area contributed by atoms with Crippen LogP contribution in [0.4, 0.5) is 0 Å². The molecule has 0 spiro atoms. The van der Waals surface area contributed by atoms with Crippen LogP contribution in [0.2, 0.25) is 0 Å². The van der Waals surface area contributed by atoms with Gasteiger partial charge in [-0.15, -0.1) is 0 Å². The summed E-state index contributed by atoms with van der Waals surface area (Å²) < 4.78 is 5.38. The highest BCUT2D eigenvalue weighted by molar-refractivity contribution is 5.85. The zero-order valence-corrected chi connectivity index (χ0v) is 13.2. The third-order valence-corrected chi connectivity index (χ3v) is 3.94. The number of carboxylic acids is 1. The Morgan fingerprint density at radius 2 is 1.86 bits per heavy atom. The summed E-state index contributed by atoms with van der Waals surface area (Å²) in [6, 6.07) is 9.64. The number of nitrogens with zero attached hydrogens (tertiary/aromatic N) is 1. The molecule has 0 aliphatic carbocycles. The molecule has 0 bridgehead atoms. The molecule has 120 valence electrons. The van der Waals surface area contributed by atoms with Gasteiger partial charge in [0.15, 0.2) is 6.10 Å². The fourth-order valence-corrected chi connectivity index (χ4v) is 2.94. The van der Waals surface area contributed by atoms with Crippen LogP contribution in [0.1, 0.15) is 32.3 Å². The van der Waals surface area contributed by atoms with E-state index in [-0.39, 0.29) is 30.4 Å². The van der Waals surface area contributed by atoms with E-state index in [4.69, 9.17) is 9.84 Å². The van der Waals surface area contributed by atoms with Gasteiger partial charge in [0.2, 0.25) is 5.91 Å². The first-order chi connectivity index (χ1) is 10.4. The van der Waals surface area contributed by atoms with Gasteiger partial charge in [-0.3, -0.25) is 4.79 Å². The molecule has 3 atom stereocenters. The molecule has 1 saturated heterocycles. The maximum atomic E-state index is 12.9. The van der Waals surface area contributed by atoms with Gasteiger partial charge in [0.05, 0.1) is 18.6 Å². The summed E-state index contributed by atoms with van der Waals surface area (Å²) in [5.41, 5.74) is 0.966. The first-order valence-corrected chi connectivity index (χ1v) is 7.62. The SMILES string of the molecule is CC(C)C(C(=O)N1CC(C(=O)O)O[C@H](C)C1)c1ccccc1. The predicted octanol–water partition coefficient (Wildman–Crippen LogP) is 2.13. The Morgan fingerprint density at radius 1 is 1.23 bits per heavy atom. The van der Waals surface area contributed by atoms with Gasteiger partial charge < -0.3 is 14.7 Å². The lowest BCUT2D eigenvalue weighted by Gasteiger charge is -2.37. The van der Waals surface area contributed by atoms with Crippen molar-refractivity contribution in [2.75, 3.05) is 13.1 Å². The maximum Gasteiger partial charge on any atom is 0.334 e. The first-order valence-electron chi connectivity index (χ1n) is 7.62. The first kappa shape index (κ1) is 16.5. The van der Waals surface area contributed by atoms with Gasteiger partial charge in [-0.25, -0.2) is 4.79 Å². The number of carbonyl (C=O) groups excluding carboxylic acids is 1. The Labute approximate surface area is 130 Å². The lowest BCUT2D eigenvalue weighted by Crippen LogP contribution is -2.53.